The van der Waals surface area contributed by atoms with Gasteiger partial charge in [0.15, 0.2) is 0 Å². The zero-order chi connectivity index (χ0) is 18.4. The fourth-order valence-corrected chi connectivity index (χ4v) is 6.74. The summed E-state index contributed by atoms with van der Waals surface area (Å²) < 4.78 is 0. The Kier molecular flexibility index (Phi) is 7.48. The molecule has 0 aliphatic heterocycles. The molecular weight excluding hydrogens is 314 g/mol. The standard InChI is InChI=1S/C25H43N/c1-3-5-6-20-7-9-21(10-8-20)22-11-13-23(14-12-22)24-15-17-25(4-2,19-26)18-16-24/h20-24H,3-18H2,1-2H3/t20-,21-,22?,23?,24-,25-. The third kappa shape index (κ3) is 4.85. The van der Waals surface area contributed by atoms with Crippen molar-refractivity contribution in [2.45, 2.75) is 117 Å². The molecule has 0 spiro atoms. The van der Waals surface area contributed by atoms with Gasteiger partial charge in [0.05, 0.1) is 11.5 Å². The normalized spacial score (nSPS) is 41.5. The molecule has 0 unspecified atom stereocenters. The molecule has 3 aliphatic carbocycles. The Hall–Kier alpha value is -0.510. The first kappa shape index (κ1) is 20.2. The lowest BCUT2D eigenvalue weighted by atomic mass is 9.62. The summed E-state index contributed by atoms with van der Waals surface area (Å²) in [6, 6.07) is 2.66. The Balaban J connectivity index is 1.38. The van der Waals surface area contributed by atoms with E-state index >= 15 is 0 Å². The molecule has 3 rings (SSSR count). The van der Waals surface area contributed by atoms with E-state index < -0.39 is 0 Å². The minimum absolute atomic E-state index is 0.0319. The molecule has 1 nitrogen and oxygen atoms in total. The highest BCUT2D eigenvalue weighted by atomic mass is 14.4. The van der Waals surface area contributed by atoms with Crippen LogP contribution in [0.1, 0.15) is 117 Å². The first-order valence-corrected chi connectivity index (χ1v) is 12.1. The van der Waals surface area contributed by atoms with Crippen LogP contribution in [-0.2, 0) is 0 Å². The van der Waals surface area contributed by atoms with Crippen LogP contribution in [0.25, 0.3) is 0 Å². The second kappa shape index (κ2) is 9.61. The molecule has 0 bridgehead atoms. The molecular formula is C25H43N. The monoisotopic (exact) mass is 357 g/mol. The Morgan fingerprint density at radius 3 is 1.62 bits per heavy atom. The summed E-state index contributed by atoms with van der Waals surface area (Å²) in [7, 11) is 0. The lowest BCUT2D eigenvalue weighted by Crippen LogP contribution is -2.32. The smallest absolute Gasteiger partial charge is 0.0689 e. The van der Waals surface area contributed by atoms with Gasteiger partial charge in [-0.1, -0.05) is 46.0 Å². The lowest BCUT2D eigenvalue weighted by Gasteiger charge is -2.42. The molecule has 0 radical (unpaired) electrons. The van der Waals surface area contributed by atoms with Crippen molar-refractivity contribution in [3.05, 3.63) is 0 Å². The first-order chi connectivity index (χ1) is 12.7. The van der Waals surface area contributed by atoms with Gasteiger partial charge in [-0.2, -0.15) is 5.26 Å². The summed E-state index contributed by atoms with van der Waals surface area (Å²) in [6.45, 7) is 4.55. The van der Waals surface area contributed by atoms with Gasteiger partial charge in [0.1, 0.15) is 0 Å². The maximum absolute atomic E-state index is 9.53. The number of hydrogen-bond acceptors (Lipinski definition) is 1. The maximum atomic E-state index is 9.53. The van der Waals surface area contributed by atoms with Gasteiger partial charge in [0, 0.05) is 0 Å². The van der Waals surface area contributed by atoms with Crippen molar-refractivity contribution in [2.75, 3.05) is 0 Å². The van der Waals surface area contributed by atoms with Crippen LogP contribution in [0.3, 0.4) is 0 Å². The van der Waals surface area contributed by atoms with Crippen LogP contribution in [0.4, 0.5) is 0 Å². The lowest BCUT2D eigenvalue weighted by molar-refractivity contribution is 0.0917. The van der Waals surface area contributed by atoms with Crippen molar-refractivity contribution in [2.24, 2.45) is 35.0 Å². The predicted molar refractivity (Wildman–Crippen MR) is 111 cm³/mol. The summed E-state index contributed by atoms with van der Waals surface area (Å²) in [6.07, 6.45) is 22.6. The van der Waals surface area contributed by atoms with E-state index in [1.165, 1.54) is 96.3 Å². The average molecular weight is 358 g/mol. The highest BCUT2D eigenvalue weighted by Gasteiger charge is 2.38. The Bertz CT molecular complexity index is 437. The van der Waals surface area contributed by atoms with Crippen molar-refractivity contribution < 1.29 is 0 Å². The van der Waals surface area contributed by atoms with Gasteiger partial charge in [-0.3, -0.25) is 0 Å². The summed E-state index contributed by atoms with van der Waals surface area (Å²) in [5, 5.41) is 9.53. The van der Waals surface area contributed by atoms with E-state index in [0.717, 1.165) is 36.0 Å². The summed E-state index contributed by atoms with van der Waals surface area (Å²) >= 11 is 0. The topological polar surface area (TPSA) is 23.8 Å². The van der Waals surface area contributed by atoms with Crippen molar-refractivity contribution in [1.29, 1.82) is 5.26 Å². The Morgan fingerprint density at radius 1 is 0.731 bits per heavy atom. The second-order valence-electron chi connectivity index (χ2n) is 10.2. The number of unbranched alkanes of at least 4 members (excludes halogenated alkanes) is 1. The van der Waals surface area contributed by atoms with E-state index in [4.69, 9.17) is 0 Å². The number of nitriles is 1. The third-order valence-electron chi connectivity index (χ3n) is 8.91. The molecule has 3 fully saturated rings. The van der Waals surface area contributed by atoms with Gasteiger partial charge in [0.25, 0.3) is 0 Å². The predicted octanol–water partition coefficient (Wildman–Crippen LogP) is 7.90. The van der Waals surface area contributed by atoms with Crippen LogP contribution in [0.15, 0.2) is 0 Å². The fraction of sp³-hybridized carbons (Fsp3) is 0.960. The Morgan fingerprint density at radius 2 is 1.19 bits per heavy atom. The first-order valence-electron chi connectivity index (χ1n) is 12.1. The number of nitrogens with zero attached hydrogens (tertiary/aromatic N) is 1. The molecule has 0 atom stereocenters. The third-order valence-corrected chi connectivity index (χ3v) is 8.91. The summed E-state index contributed by atoms with van der Waals surface area (Å²) in [5.41, 5.74) is 0.0319. The van der Waals surface area contributed by atoms with E-state index in [1.807, 2.05) is 0 Å². The van der Waals surface area contributed by atoms with Crippen molar-refractivity contribution in [3.8, 4) is 6.07 Å². The van der Waals surface area contributed by atoms with E-state index in [0.29, 0.717) is 0 Å². The molecule has 0 heterocycles. The van der Waals surface area contributed by atoms with Crippen molar-refractivity contribution in [3.63, 3.8) is 0 Å². The Labute approximate surface area is 163 Å². The molecule has 26 heavy (non-hydrogen) atoms. The molecule has 0 aromatic rings. The molecule has 3 aliphatic rings. The molecule has 0 amide bonds. The van der Waals surface area contributed by atoms with Gasteiger partial charge in [-0.05, 0) is 100 Å². The van der Waals surface area contributed by atoms with E-state index in [9.17, 15) is 5.26 Å². The van der Waals surface area contributed by atoms with Crippen LogP contribution >= 0.6 is 0 Å². The zero-order valence-corrected chi connectivity index (χ0v) is 17.6. The molecule has 0 aromatic heterocycles. The van der Waals surface area contributed by atoms with Gasteiger partial charge < -0.3 is 0 Å². The van der Waals surface area contributed by atoms with Crippen LogP contribution in [0, 0.1) is 46.3 Å². The van der Waals surface area contributed by atoms with Gasteiger partial charge in [-0.25, -0.2) is 0 Å². The molecule has 148 valence electrons. The van der Waals surface area contributed by atoms with Gasteiger partial charge in [-0.15, -0.1) is 0 Å². The highest BCUT2D eigenvalue weighted by molar-refractivity contribution is 5.01. The quantitative estimate of drug-likeness (QED) is 0.474. The molecule has 0 aromatic carbocycles. The van der Waals surface area contributed by atoms with Crippen LogP contribution in [-0.4, -0.2) is 0 Å². The molecule has 0 N–H and O–H groups in total. The van der Waals surface area contributed by atoms with E-state index in [-0.39, 0.29) is 5.41 Å². The highest BCUT2D eigenvalue weighted by Crippen LogP contribution is 2.49. The van der Waals surface area contributed by atoms with Crippen LogP contribution in [0.2, 0.25) is 0 Å². The van der Waals surface area contributed by atoms with Crippen LogP contribution in [0.5, 0.6) is 0 Å². The average Bonchev–Trinajstić information content (AvgIpc) is 2.73. The molecule has 1 heteroatoms. The minimum atomic E-state index is 0.0319. The number of rotatable bonds is 6. The van der Waals surface area contributed by atoms with E-state index in [1.54, 1.807) is 0 Å². The number of hydrogen-bond donors (Lipinski definition) is 0. The van der Waals surface area contributed by atoms with Crippen molar-refractivity contribution >= 4 is 0 Å². The SMILES string of the molecule is CCCC[C@H]1CC[C@H](C2CCC([C@H]3CC[C@@](C#N)(CC)CC3)CC2)CC1. The fourth-order valence-electron chi connectivity index (χ4n) is 6.74. The zero-order valence-electron chi connectivity index (χ0n) is 17.6. The summed E-state index contributed by atoms with van der Waals surface area (Å²) in [4.78, 5) is 0. The van der Waals surface area contributed by atoms with E-state index in [2.05, 4.69) is 19.9 Å². The molecule has 3 saturated carbocycles. The van der Waals surface area contributed by atoms with Gasteiger partial charge >= 0.3 is 0 Å². The molecule has 0 saturated heterocycles. The van der Waals surface area contributed by atoms with Crippen molar-refractivity contribution in [1.82, 2.24) is 0 Å². The largest absolute Gasteiger partial charge is 0.198 e. The van der Waals surface area contributed by atoms with Gasteiger partial charge in [0.2, 0.25) is 0 Å². The second-order valence-corrected chi connectivity index (χ2v) is 10.2. The minimum Gasteiger partial charge on any atom is -0.198 e. The van der Waals surface area contributed by atoms with Crippen LogP contribution < -0.4 is 0 Å². The summed E-state index contributed by atoms with van der Waals surface area (Å²) in [5.74, 6) is 5.10. The maximum Gasteiger partial charge on any atom is 0.0689 e.